The van der Waals surface area contributed by atoms with Crippen LogP contribution in [0.3, 0.4) is 0 Å². The van der Waals surface area contributed by atoms with Gasteiger partial charge in [0.2, 0.25) is 0 Å². The Morgan fingerprint density at radius 2 is 1.72 bits per heavy atom. The molecule has 0 unspecified atom stereocenters. The van der Waals surface area contributed by atoms with E-state index >= 15 is 0 Å². The zero-order valence-corrected chi connectivity index (χ0v) is 9.83. The molecule has 2 rings (SSSR count). The Morgan fingerprint density at radius 3 is 2.28 bits per heavy atom. The van der Waals surface area contributed by atoms with Crippen molar-refractivity contribution < 1.29 is 9.68 Å². The first-order valence-corrected chi connectivity index (χ1v) is 5.26. The van der Waals surface area contributed by atoms with Crippen LogP contribution in [0.15, 0.2) is 46.5 Å². The Labute approximate surface area is 102 Å². The highest BCUT2D eigenvalue weighted by Gasteiger charge is 2.13. The van der Waals surface area contributed by atoms with E-state index in [0.717, 1.165) is 9.46 Å². The van der Waals surface area contributed by atoms with Gasteiger partial charge in [-0.25, -0.2) is 0 Å². The van der Waals surface area contributed by atoms with Crippen molar-refractivity contribution in [2.75, 3.05) is 13.7 Å². The zero-order valence-electron chi connectivity index (χ0n) is 9.83. The summed E-state index contributed by atoms with van der Waals surface area (Å²) in [5.41, 5.74) is -0.711. The van der Waals surface area contributed by atoms with Gasteiger partial charge in [-0.05, 0) is 12.1 Å². The Kier molecular flexibility index (Phi) is 3.18. The number of para-hydroxylation sites is 2. The minimum atomic E-state index is -0.808. The predicted octanol–water partition coefficient (Wildman–Crippen LogP) is -0.164. The SMILES string of the molecule is C=CCOn1c(=O)c(=O)n(OC)c2ccccc21. The molecular weight excluding hydrogens is 236 g/mol. The fourth-order valence-electron chi connectivity index (χ4n) is 1.64. The normalized spacial score (nSPS) is 10.3. The molecule has 0 amide bonds. The van der Waals surface area contributed by atoms with Crippen molar-refractivity contribution >= 4 is 11.0 Å². The lowest BCUT2D eigenvalue weighted by Gasteiger charge is -2.12. The topological polar surface area (TPSA) is 62.5 Å². The highest BCUT2D eigenvalue weighted by atomic mass is 16.7. The van der Waals surface area contributed by atoms with Crippen LogP contribution < -0.4 is 20.8 Å². The van der Waals surface area contributed by atoms with Crippen molar-refractivity contribution in [2.24, 2.45) is 0 Å². The lowest BCUT2D eigenvalue weighted by molar-refractivity contribution is 0.122. The van der Waals surface area contributed by atoms with Gasteiger partial charge in [0, 0.05) is 0 Å². The molecule has 0 bridgehead atoms. The van der Waals surface area contributed by atoms with Gasteiger partial charge in [-0.1, -0.05) is 24.8 Å². The van der Waals surface area contributed by atoms with Crippen LogP contribution in [-0.2, 0) is 0 Å². The van der Waals surface area contributed by atoms with Gasteiger partial charge in [0.05, 0.1) is 0 Å². The molecule has 94 valence electrons. The molecule has 0 spiro atoms. The van der Waals surface area contributed by atoms with Crippen LogP contribution in [-0.4, -0.2) is 23.2 Å². The quantitative estimate of drug-likeness (QED) is 0.557. The fraction of sp³-hybridized carbons (Fsp3) is 0.167. The number of benzene rings is 1. The van der Waals surface area contributed by atoms with Crippen molar-refractivity contribution in [3.05, 3.63) is 57.6 Å². The summed E-state index contributed by atoms with van der Waals surface area (Å²) < 4.78 is 1.89. The molecule has 0 radical (unpaired) electrons. The highest BCUT2D eigenvalue weighted by Crippen LogP contribution is 2.07. The van der Waals surface area contributed by atoms with E-state index in [9.17, 15) is 9.59 Å². The molecule has 0 fully saturated rings. The van der Waals surface area contributed by atoms with E-state index in [-0.39, 0.29) is 6.61 Å². The van der Waals surface area contributed by atoms with Crippen LogP contribution in [0, 0.1) is 0 Å². The van der Waals surface area contributed by atoms with E-state index in [1.807, 2.05) is 0 Å². The highest BCUT2D eigenvalue weighted by molar-refractivity contribution is 5.74. The molecule has 6 nitrogen and oxygen atoms in total. The lowest BCUT2D eigenvalue weighted by atomic mass is 10.3. The third-order valence-electron chi connectivity index (χ3n) is 2.38. The molecule has 0 saturated carbocycles. The molecule has 0 aliphatic rings. The summed E-state index contributed by atoms with van der Waals surface area (Å²) in [5, 5.41) is 0. The summed E-state index contributed by atoms with van der Waals surface area (Å²) in [4.78, 5) is 33.8. The van der Waals surface area contributed by atoms with Crippen LogP contribution in [0.1, 0.15) is 0 Å². The maximum absolute atomic E-state index is 11.9. The summed E-state index contributed by atoms with van der Waals surface area (Å²) in [6, 6.07) is 6.79. The first-order valence-electron chi connectivity index (χ1n) is 5.26. The Hall–Kier alpha value is -2.50. The van der Waals surface area contributed by atoms with Crippen molar-refractivity contribution in [1.29, 1.82) is 0 Å². The molecule has 18 heavy (non-hydrogen) atoms. The minimum absolute atomic E-state index is 0.125. The van der Waals surface area contributed by atoms with Gasteiger partial charge in [0.1, 0.15) is 24.8 Å². The number of hydrogen-bond donors (Lipinski definition) is 0. The van der Waals surface area contributed by atoms with E-state index in [2.05, 4.69) is 6.58 Å². The van der Waals surface area contributed by atoms with Crippen LogP contribution in [0.25, 0.3) is 11.0 Å². The largest absolute Gasteiger partial charge is 0.413 e. The number of nitrogens with zero attached hydrogens (tertiary/aromatic N) is 2. The third-order valence-corrected chi connectivity index (χ3v) is 2.38. The maximum Gasteiger partial charge on any atom is 0.352 e. The summed E-state index contributed by atoms with van der Waals surface area (Å²) in [7, 11) is 1.32. The summed E-state index contributed by atoms with van der Waals surface area (Å²) in [5.74, 6) is 0. The number of fused-ring (bicyclic) bond motifs is 1. The van der Waals surface area contributed by atoms with Crippen molar-refractivity contribution in [2.45, 2.75) is 0 Å². The first-order chi connectivity index (χ1) is 8.70. The van der Waals surface area contributed by atoms with Crippen molar-refractivity contribution in [1.82, 2.24) is 9.46 Å². The average Bonchev–Trinajstić information content (AvgIpc) is 2.40. The lowest BCUT2D eigenvalue weighted by Crippen LogP contribution is -2.45. The summed E-state index contributed by atoms with van der Waals surface area (Å²) >= 11 is 0. The summed E-state index contributed by atoms with van der Waals surface area (Å²) in [6.45, 7) is 3.62. The molecule has 0 atom stereocenters. The van der Waals surface area contributed by atoms with E-state index in [1.54, 1.807) is 24.3 Å². The monoisotopic (exact) mass is 248 g/mol. The fourth-order valence-corrected chi connectivity index (χ4v) is 1.64. The minimum Gasteiger partial charge on any atom is -0.413 e. The van der Waals surface area contributed by atoms with Crippen LogP contribution in [0.2, 0.25) is 0 Å². The van der Waals surface area contributed by atoms with Gasteiger partial charge >= 0.3 is 11.1 Å². The first kappa shape index (κ1) is 12.0. The van der Waals surface area contributed by atoms with Crippen LogP contribution in [0.5, 0.6) is 0 Å². The Bertz CT molecular complexity index is 699. The second-order valence-corrected chi connectivity index (χ2v) is 3.45. The van der Waals surface area contributed by atoms with Gasteiger partial charge in [-0.15, -0.1) is 9.46 Å². The average molecular weight is 248 g/mol. The van der Waals surface area contributed by atoms with Crippen LogP contribution >= 0.6 is 0 Å². The van der Waals surface area contributed by atoms with Gasteiger partial charge < -0.3 is 9.68 Å². The van der Waals surface area contributed by atoms with Gasteiger partial charge in [-0.3, -0.25) is 9.59 Å². The summed E-state index contributed by atoms with van der Waals surface area (Å²) in [6.07, 6.45) is 1.49. The molecule has 1 heterocycles. The van der Waals surface area contributed by atoms with E-state index < -0.39 is 11.1 Å². The van der Waals surface area contributed by atoms with E-state index in [0.29, 0.717) is 11.0 Å². The van der Waals surface area contributed by atoms with Gasteiger partial charge in [0.25, 0.3) is 0 Å². The number of rotatable bonds is 4. The molecule has 0 aliphatic heterocycles. The van der Waals surface area contributed by atoms with E-state index in [4.69, 9.17) is 9.68 Å². The molecule has 1 aromatic heterocycles. The number of aromatic nitrogens is 2. The van der Waals surface area contributed by atoms with Gasteiger partial charge in [0.15, 0.2) is 0 Å². The Balaban J connectivity index is 2.85. The predicted molar refractivity (Wildman–Crippen MR) is 66.6 cm³/mol. The smallest absolute Gasteiger partial charge is 0.352 e. The molecule has 6 heteroatoms. The van der Waals surface area contributed by atoms with Crippen molar-refractivity contribution in [3.63, 3.8) is 0 Å². The van der Waals surface area contributed by atoms with Crippen LogP contribution in [0.4, 0.5) is 0 Å². The second kappa shape index (κ2) is 4.79. The van der Waals surface area contributed by atoms with E-state index in [1.165, 1.54) is 13.2 Å². The van der Waals surface area contributed by atoms with Crippen molar-refractivity contribution in [3.8, 4) is 0 Å². The molecule has 0 saturated heterocycles. The third kappa shape index (κ3) is 1.77. The molecule has 0 N–H and O–H groups in total. The molecule has 0 aliphatic carbocycles. The molecule has 1 aromatic carbocycles. The maximum atomic E-state index is 11.9. The molecule has 2 aromatic rings. The zero-order chi connectivity index (χ0) is 13.1. The number of hydrogen-bond acceptors (Lipinski definition) is 4. The Morgan fingerprint density at radius 1 is 1.17 bits per heavy atom. The molecular formula is C12H12N2O4. The van der Waals surface area contributed by atoms with Gasteiger partial charge in [-0.2, -0.15) is 0 Å². The second-order valence-electron chi connectivity index (χ2n) is 3.45. The standard InChI is InChI=1S/C12H12N2O4/c1-3-8-18-14-10-7-5-4-6-9(10)13(17-2)11(15)12(14)16/h3-7H,1,8H2,2H3.